The Bertz CT molecular complexity index is 797. The van der Waals surface area contributed by atoms with Gasteiger partial charge in [-0.3, -0.25) is 4.79 Å². The second-order valence-corrected chi connectivity index (χ2v) is 5.02. The van der Waals surface area contributed by atoms with Crippen molar-refractivity contribution in [2.24, 2.45) is 0 Å². The van der Waals surface area contributed by atoms with Gasteiger partial charge in [0, 0.05) is 25.9 Å². The zero-order valence-electron chi connectivity index (χ0n) is 12.7. The Morgan fingerprint density at radius 3 is 2.61 bits per heavy atom. The number of nitrogens with zero attached hydrogens (tertiary/aromatic N) is 6. The molecule has 1 aromatic carbocycles. The molecule has 0 fully saturated rings. The lowest BCUT2D eigenvalue weighted by Gasteiger charge is -2.16. The van der Waals surface area contributed by atoms with Gasteiger partial charge in [0.1, 0.15) is 6.33 Å². The zero-order valence-corrected chi connectivity index (χ0v) is 12.7. The molecule has 3 aromatic rings. The van der Waals surface area contributed by atoms with E-state index in [1.54, 1.807) is 36.5 Å². The number of nitrogens with one attached hydrogen (secondary N) is 1. The third-order valence-corrected chi connectivity index (χ3v) is 3.20. The van der Waals surface area contributed by atoms with Gasteiger partial charge in [-0.1, -0.05) is 0 Å². The highest BCUT2D eigenvalue weighted by Crippen LogP contribution is 2.21. The van der Waals surface area contributed by atoms with Crippen molar-refractivity contribution in [1.82, 2.24) is 25.2 Å². The average Bonchev–Trinajstić information content (AvgIpc) is 3.10. The fraction of sp³-hybridized carbons (Fsp3) is 0.133. The van der Waals surface area contributed by atoms with E-state index in [9.17, 15) is 4.79 Å². The first-order valence-electron chi connectivity index (χ1n) is 6.92. The zero-order chi connectivity index (χ0) is 16.2. The molecule has 0 aliphatic heterocycles. The van der Waals surface area contributed by atoms with Crippen molar-refractivity contribution in [3.05, 3.63) is 54.5 Å². The van der Waals surface area contributed by atoms with Crippen molar-refractivity contribution >= 4 is 17.4 Å². The van der Waals surface area contributed by atoms with E-state index in [-0.39, 0.29) is 5.91 Å². The normalized spacial score (nSPS) is 10.3. The third kappa shape index (κ3) is 3.15. The number of amides is 1. The molecule has 1 N–H and O–H groups in total. The molecule has 0 spiro atoms. The van der Waals surface area contributed by atoms with E-state index in [1.165, 1.54) is 11.0 Å². The minimum absolute atomic E-state index is 0.204. The van der Waals surface area contributed by atoms with E-state index >= 15 is 0 Å². The summed E-state index contributed by atoms with van der Waals surface area (Å²) in [6.07, 6.45) is 3.18. The van der Waals surface area contributed by atoms with E-state index in [2.05, 4.69) is 25.8 Å². The number of carbonyl (C=O) groups excluding carboxylic acids is 1. The van der Waals surface area contributed by atoms with Gasteiger partial charge < -0.3 is 10.2 Å². The summed E-state index contributed by atoms with van der Waals surface area (Å²) in [4.78, 5) is 18.5. The predicted octanol–water partition coefficient (Wildman–Crippen LogP) is 1.38. The minimum Gasteiger partial charge on any atom is -0.361 e. The van der Waals surface area contributed by atoms with Gasteiger partial charge in [0.15, 0.2) is 5.82 Å². The Kier molecular flexibility index (Phi) is 3.96. The molecular weight excluding hydrogens is 294 g/mol. The molecule has 0 aliphatic rings. The molecule has 0 bridgehead atoms. The topological polar surface area (TPSA) is 88.8 Å². The maximum atomic E-state index is 12.4. The summed E-state index contributed by atoms with van der Waals surface area (Å²) >= 11 is 0. The number of aromatic nitrogens is 5. The minimum atomic E-state index is -0.204. The first kappa shape index (κ1) is 14.6. The molecule has 0 aliphatic carbocycles. The van der Waals surface area contributed by atoms with Crippen LogP contribution >= 0.6 is 0 Å². The molecule has 2 aromatic heterocycles. The molecule has 2 heterocycles. The Morgan fingerprint density at radius 2 is 1.96 bits per heavy atom. The van der Waals surface area contributed by atoms with Gasteiger partial charge in [-0.15, -0.1) is 5.10 Å². The average molecular weight is 309 g/mol. The van der Waals surface area contributed by atoms with Gasteiger partial charge in [-0.25, -0.2) is 9.67 Å². The van der Waals surface area contributed by atoms with Crippen LogP contribution in [0.5, 0.6) is 0 Å². The highest BCUT2D eigenvalue weighted by atomic mass is 16.1. The number of tetrazole rings is 1. The summed E-state index contributed by atoms with van der Waals surface area (Å²) in [7, 11) is 3.75. The number of anilines is 2. The number of benzene rings is 1. The lowest BCUT2D eigenvalue weighted by atomic mass is 10.2. The Labute approximate surface area is 132 Å². The lowest BCUT2D eigenvalue weighted by Crippen LogP contribution is -2.17. The summed E-state index contributed by atoms with van der Waals surface area (Å²) in [6.45, 7) is 0. The quantitative estimate of drug-likeness (QED) is 0.783. The number of hydrogen-bond acceptors (Lipinski definition) is 6. The van der Waals surface area contributed by atoms with Crippen LogP contribution in [0, 0.1) is 0 Å². The van der Waals surface area contributed by atoms with Crippen LogP contribution < -0.4 is 10.2 Å². The van der Waals surface area contributed by atoms with Crippen LogP contribution in [-0.4, -0.2) is 45.2 Å². The van der Waals surface area contributed by atoms with Crippen LogP contribution in [0.2, 0.25) is 0 Å². The molecule has 116 valence electrons. The Balaban J connectivity index is 1.79. The highest BCUT2D eigenvalue weighted by molar-refractivity contribution is 6.05. The summed E-state index contributed by atoms with van der Waals surface area (Å²) in [5, 5.41) is 13.8. The van der Waals surface area contributed by atoms with Crippen molar-refractivity contribution < 1.29 is 4.79 Å². The van der Waals surface area contributed by atoms with Crippen LogP contribution in [-0.2, 0) is 0 Å². The molecule has 0 unspecified atom stereocenters. The van der Waals surface area contributed by atoms with Crippen molar-refractivity contribution in [3.63, 3.8) is 0 Å². The van der Waals surface area contributed by atoms with Crippen LogP contribution in [0.3, 0.4) is 0 Å². The molecule has 0 radical (unpaired) electrons. The molecule has 0 atom stereocenters. The Hall–Kier alpha value is -3.29. The fourth-order valence-corrected chi connectivity index (χ4v) is 2.09. The standard InChI is InChI=1S/C15H15N7O/c1-21(2)14-13(4-3-9-16-14)18-15(23)11-5-7-12(8-6-11)22-10-17-19-20-22/h3-10H,1-2H3,(H,18,23). The molecule has 0 saturated heterocycles. The summed E-state index contributed by atoms with van der Waals surface area (Å²) in [5.41, 5.74) is 1.98. The number of carbonyl (C=O) groups is 1. The van der Waals surface area contributed by atoms with E-state index in [4.69, 9.17) is 0 Å². The maximum Gasteiger partial charge on any atom is 0.255 e. The summed E-state index contributed by atoms with van der Waals surface area (Å²) in [5.74, 6) is 0.496. The molecular formula is C15H15N7O. The molecule has 0 saturated carbocycles. The van der Waals surface area contributed by atoms with E-state index in [0.717, 1.165) is 5.69 Å². The molecule has 3 rings (SSSR count). The number of pyridine rings is 1. The second-order valence-electron chi connectivity index (χ2n) is 5.02. The van der Waals surface area contributed by atoms with Gasteiger partial charge in [0.25, 0.3) is 5.91 Å². The molecule has 23 heavy (non-hydrogen) atoms. The molecule has 8 nitrogen and oxygen atoms in total. The SMILES string of the molecule is CN(C)c1ncccc1NC(=O)c1ccc(-n2cnnn2)cc1. The van der Waals surface area contributed by atoms with Crippen LogP contribution in [0.15, 0.2) is 48.9 Å². The monoisotopic (exact) mass is 309 g/mol. The van der Waals surface area contributed by atoms with E-state index < -0.39 is 0 Å². The lowest BCUT2D eigenvalue weighted by molar-refractivity contribution is 0.102. The third-order valence-electron chi connectivity index (χ3n) is 3.20. The van der Waals surface area contributed by atoms with Gasteiger partial charge in [0.2, 0.25) is 0 Å². The first-order chi connectivity index (χ1) is 11.1. The highest BCUT2D eigenvalue weighted by Gasteiger charge is 2.11. The van der Waals surface area contributed by atoms with Crippen LogP contribution in [0.4, 0.5) is 11.5 Å². The first-order valence-corrected chi connectivity index (χ1v) is 6.92. The number of rotatable bonds is 4. The van der Waals surface area contributed by atoms with Crippen molar-refractivity contribution in [3.8, 4) is 5.69 Å². The van der Waals surface area contributed by atoms with Crippen LogP contribution in [0.1, 0.15) is 10.4 Å². The molecule has 1 amide bonds. The van der Waals surface area contributed by atoms with Gasteiger partial charge in [-0.05, 0) is 46.8 Å². The number of hydrogen-bond donors (Lipinski definition) is 1. The van der Waals surface area contributed by atoms with Crippen molar-refractivity contribution in [2.45, 2.75) is 0 Å². The smallest absolute Gasteiger partial charge is 0.255 e. The summed E-state index contributed by atoms with van der Waals surface area (Å²) < 4.78 is 1.52. The van der Waals surface area contributed by atoms with E-state index in [0.29, 0.717) is 17.1 Å². The van der Waals surface area contributed by atoms with Crippen molar-refractivity contribution in [2.75, 3.05) is 24.3 Å². The van der Waals surface area contributed by atoms with Gasteiger partial charge in [0.05, 0.1) is 11.4 Å². The molecule has 8 heteroatoms. The fourth-order valence-electron chi connectivity index (χ4n) is 2.09. The Morgan fingerprint density at radius 1 is 1.17 bits per heavy atom. The van der Waals surface area contributed by atoms with Gasteiger partial charge >= 0.3 is 0 Å². The van der Waals surface area contributed by atoms with E-state index in [1.807, 2.05) is 25.1 Å². The predicted molar refractivity (Wildman–Crippen MR) is 85.7 cm³/mol. The second kappa shape index (κ2) is 6.22. The largest absolute Gasteiger partial charge is 0.361 e. The summed E-state index contributed by atoms with van der Waals surface area (Å²) in [6, 6.07) is 10.6. The van der Waals surface area contributed by atoms with Crippen LogP contribution in [0.25, 0.3) is 5.69 Å². The maximum absolute atomic E-state index is 12.4. The van der Waals surface area contributed by atoms with Gasteiger partial charge in [-0.2, -0.15) is 0 Å². The van der Waals surface area contributed by atoms with Crippen molar-refractivity contribution in [1.29, 1.82) is 0 Å².